The second-order valence-electron chi connectivity index (χ2n) is 6.00. The Morgan fingerprint density at radius 1 is 1.00 bits per heavy atom. The van der Waals surface area contributed by atoms with Crippen molar-refractivity contribution in [2.45, 2.75) is 0 Å². The van der Waals surface area contributed by atoms with Crippen LogP contribution in [0.15, 0.2) is 74.9 Å². The van der Waals surface area contributed by atoms with E-state index in [2.05, 4.69) is 14.8 Å². The fourth-order valence-electron chi connectivity index (χ4n) is 2.87. The summed E-state index contributed by atoms with van der Waals surface area (Å²) in [5.41, 5.74) is 1.89. The van der Waals surface area contributed by atoms with Gasteiger partial charge in [0.25, 0.3) is 11.8 Å². The molecule has 4 aromatic rings. The zero-order chi connectivity index (χ0) is 19.7. The molecular weight excluding hydrogens is 360 g/mol. The number of hydrogen-bond acceptors (Lipinski definition) is 5. The average Bonchev–Trinajstić information content (AvgIpc) is 3.14. The molecule has 0 aliphatic heterocycles. The van der Waals surface area contributed by atoms with E-state index in [1.54, 1.807) is 42.5 Å². The van der Waals surface area contributed by atoms with Crippen molar-refractivity contribution >= 4 is 0 Å². The maximum atomic E-state index is 12.4. The van der Waals surface area contributed by atoms with Gasteiger partial charge in [0, 0.05) is 23.4 Å². The van der Waals surface area contributed by atoms with Gasteiger partial charge in [0.05, 0.1) is 0 Å². The molecule has 0 aliphatic rings. The summed E-state index contributed by atoms with van der Waals surface area (Å²) in [5, 5.41) is 23.2. The molecule has 8 heteroatoms. The predicted molar refractivity (Wildman–Crippen MR) is 96.5 cm³/mol. The number of H-pyrrole nitrogens is 2. The van der Waals surface area contributed by atoms with Crippen molar-refractivity contribution in [1.82, 2.24) is 10.3 Å². The third kappa shape index (κ3) is 3.08. The van der Waals surface area contributed by atoms with Gasteiger partial charge in [-0.15, -0.1) is 5.75 Å². The molecule has 0 radical (unpaired) electrons. The predicted octanol–water partition coefficient (Wildman–Crippen LogP) is 1.21. The van der Waals surface area contributed by atoms with Crippen molar-refractivity contribution < 1.29 is 14.3 Å². The molecule has 28 heavy (non-hydrogen) atoms. The van der Waals surface area contributed by atoms with Crippen molar-refractivity contribution in [1.29, 1.82) is 5.26 Å². The molecule has 0 saturated heterocycles. The highest BCUT2D eigenvalue weighted by molar-refractivity contribution is 5.75. The quantitative estimate of drug-likeness (QED) is 0.522. The van der Waals surface area contributed by atoms with E-state index in [0.29, 0.717) is 28.1 Å². The van der Waals surface area contributed by atoms with Crippen molar-refractivity contribution in [3.63, 3.8) is 0 Å². The first kappa shape index (κ1) is 17.1. The second kappa shape index (κ2) is 6.74. The lowest BCUT2D eigenvalue weighted by Crippen LogP contribution is -2.31. The number of nitriles is 1. The van der Waals surface area contributed by atoms with Crippen LogP contribution in [0.5, 0.6) is 5.75 Å². The number of nitrogens with one attached hydrogen (secondary N) is 2. The molecule has 136 valence electrons. The molecule has 2 heterocycles. The van der Waals surface area contributed by atoms with Crippen LogP contribution in [0.4, 0.5) is 0 Å². The lowest BCUT2D eigenvalue weighted by atomic mass is 9.99. The number of aromatic nitrogens is 3. The number of pyridine rings is 1. The van der Waals surface area contributed by atoms with Crippen LogP contribution in [-0.2, 0) is 0 Å². The molecule has 2 aromatic carbocycles. The Morgan fingerprint density at radius 3 is 2.29 bits per heavy atom. The second-order valence-corrected chi connectivity index (χ2v) is 6.00. The summed E-state index contributed by atoms with van der Waals surface area (Å²) >= 11 is 0. The normalized spacial score (nSPS) is 10.5. The van der Waals surface area contributed by atoms with E-state index in [1.165, 1.54) is 23.0 Å². The fraction of sp³-hybridized carbons (Fsp3) is 0. The number of hydrogen-bond donors (Lipinski definition) is 2. The standard InChI is InChI=1S/C20H12N4O4/c21-10-17-16(12-3-7-15(25)8-4-12)9-18(22-20(17)27)13-1-5-14(6-2-13)24-11-19(26)28-23-24/h1-9,11H,(H2-,22,23,25,26,27). The first-order valence-electron chi connectivity index (χ1n) is 8.21. The highest BCUT2D eigenvalue weighted by Gasteiger charge is 2.14. The summed E-state index contributed by atoms with van der Waals surface area (Å²) in [6.45, 7) is 0. The lowest BCUT2D eigenvalue weighted by Gasteiger charge is -2.10. The molecule has 2 aromatic heterocycles. The van der Waals surface area contributed by atoms with E-state index in [1.807, 2.05) is 6.07 Å². The van der Waals surface area contributed by atoms with E-state index in [-0.39, 0.29) is 11.3 Å². The van der Waals surface area contributed by atoms with Crippen molar-refractivity contribution in [2.24, 2.45) is 0 Å². The Balaban J connectivity index is 1.80. The molecule has 2 N–H and O–H groups in total. The minimum absolute atomic E-state index is 0.0226. The van der Waals surface area contributed by atoms with Crippen LogP contribution in [0, 0.1) is 11.3 Å². The van der Waals surface area contributed by atoms with Crippen LogP contribution in [-0.4, -0.2) is 10.3 Å². The van der Waals surface area contributed by atoms with Crippen LogP contribution in [0.25, 0.3) is 28.1 Å². The van der Waals surface area contributed by atoms with E-state index in [9.17, 15) is 20.0 Å². The highest BCUT2D eigenvalue weighted by atomic mass is 16.5. The van der Waals surface area contributed by atoms with Crippen LogP contribution in [0.1, 0.15) is 5.56 Å². The molecule has 4 rings (SSSR count). The van der Waals surface area contributed by atoms with Gasteiger partial charge in [0.2, 0.25) is 5.69 Å². The smallest absolute Gasteiger partial charge is 0.427 e. The number of rotatable bonds is 3. The molecule has 0 saturated carbocycles. The van der Waals surface area contributed by atoms with Crippen LogP contribution < -0.4 is 21.0 Å². The summed E-state index contributed by atoms with van der Waals surface area (Å²) in [5.74, 6) is -0.155. The third-order valence-corrected chi connectivity index (χ3v) is 4.25. The molecule has 0 amide bonds. The fourth-order valence-corrected chi connectivity index (χ4v) is 2.87. The summed E-state index contributed by atoms with van der Waals surface area (Å²) in [7, 11) is 0. The van der Waals surface area contributed by atoms with Crippen molar-refractivity contribution in [3.8, 4) is 39.9 Å². The zero-order valence-electron chi connectivity index (χ0n) is 14.3. The van der Waals surface area contributed by atoms with Gasteiger partial charge in [0.1, 0.15) is 11.6 Å². The van der Waals surface area contributed by atoms with Gasteiger partial charge in [-0.05, 0) is 39.3 Å². The van der Waals surface area contributed by atoms with Gasteiger partial charge in [0.15, 0.2) is 0 Å². The Morgan fingerprint density at radius 2 is 1.68 bits per heavy atom. The molecule has 0 bridgehead atoms. The molecule has 8 nitrogen and oxygen atoms in total. The molecular formula is C20H12N4O4. The van der Waals surface area contributed by atoms with Gasteiger partial charge >= 0.3 is 5.63 Å². The minimum Gasteiger partial charge on any atom is -0.872 e. The van der Waals surface area contributed by atoms with Crippen LogP contribution in [0.3, 0.4) is 0 Å². The van der Waals surface area contributed by atoms with Gasteiger partial charge in [-0.2, -0.15) is 5.26 Å². The molecule has 0 fully saturated rings. The van der Waals surface area contributed by atoms with Gasteiger partial charge < -0.3 is 10.1 Å². The first-order chi connectivity index (χ1) is 13.5. The summed E-state index contributed by atoms with van der Waals surface area (Å²) < 4.78 is 6.05. The minimum atomic E-state index is -0.515. The van der Waals surface area contributed by atoms with Gasteiger partial charge in [-0.3, -0.25) is 9.32 Å². The van der Waals surface area contributed by atoms with Crippen LogP contribution >= 0.6 is 0 Å². The SMILES string of the molecule is N#Cc1c(-c2ccc([O-])cc2)cc(-c2ccc(-[n+]3cc(=O)o[nH]3)cc2)[nH]c1=O. The Hall–Kier alpha value is -4.38. The van der Waals surface area contributed by atoms with Gasteiger partial charge in [-0.25, -0.2) is 4.79 Å². The zero-order valence-corrected chi connectivity index (χ0v) is 14.3. The molecule has 0 aliphatic carbocycles. The van der Waals surface area contributed by atoms with E-state index >= 15 is 0 Å². The third-order valence-electron chi connectivity index (χ3n) is 4.25. The summed E-state index contributed by atoms with van der Waals surface area (Å²) in [6, 6.07) is 16.5. The Labute approximate surface area is 157 Å². The van der Waals surface area contributed by atoms with Crippen molar-refractivity contribution in [2.75, 3.05) is 0 Å². The van der Waals surface area contributed by atoms with E-state index in [4.69, 9.17) is 0 Å². The number of benzene rings is 2. The summed E-state index contributed by atoms with van der Waals surface area (Å²) in [4.78, 5) is 26.2. The Bertz CT molecular complexity index is 1310. The maximum Gasteiger partial charge on any atom is 0.427 e. The monoisotopic (exact) mass is 372 g/mol. The number of aromatic amines is 2. The topological polar surface area (TPSA) is 130 Å². The number of nitrogens with zero attached hydrogens (tertiary/aromatic N) is 2. The first-order valence-corrected chi connectivity index (χ1v) is 8.21. The van der Waals surface area contributed by atoms with E-state index < -0.39 is 11.2 Å². The largest absolute Gasteiger partial charge is 0.872 e. The van der Waals surface area contributed by atoms with Crippen molar-refractivity contribution in [3.05, 3.63) is 87.1 Å². The van der Waals surface area contributed by atoms with Crippen LogP contribution in [0.2, 0.25) is 0 Å². The lowest BCUT2D eigenvalue weighted by molar-refractivity contribution is -0.670. The molecule has 0 atom stereocenters. The van der Waals surface area contributed by atoms with Gasteiger partial charge in [-0.1, -0.05) is 24.3 Å². The summed E-state index contributed by atoms with van der Waals surface area (Å²) in [6.07, 6.45) is 1.26. The highest BCUT2D eigenvalue weighted by Crippen LogP contribution is 2.27. The molecule has 0 unspecified atom stereocenters. The van der Waals surface area contributed by atoms with E-state index in [0.717, 1.165) is 0 Å². The average molecular weight is 372 g/mol. The molecule has 0 spiro atoms. The Kier molecular flexibility index (Phi) is 4.10. The maximum absolute atomic E-state index is 12.4.